The highest BCUT2D eigenvalue weighted by Crippen LogP contribution is 2.40. The van der Waals surface area contributed by atoms with Gasteiger partial charge in [-0.25, -0.2) is 4.79 Å². The second kappa shape index (κ2) is 10.4. The molecular weight excluding hydrogens is 398 g/mol. The van der Waals surface area contributed by atoms with Gasteiger partial charge in [-0.15, -0.1) is 11.3 Å². The number of hydrogen-bond donors (Lipinski definition) is 1. The molecule has 0 atom stereocenters. The summed E-state index contributed by atoms with van der Waals surface area (Å²) in [5, 5.41) is 9.90. The summed E-state index contributed by atoms with van der Waals surface area (Å²) in [6.07, 6.45) is 10.8. The zero-order valence-corrected chi connectivity index (χ0v) is 18.9. The first-order valence-electron chi connectivity index (χ1n) is 11.3. The molecule has 6 heteroatoms. The van der Waals surface area contributed by atoms with E-state index in [0.29, 0.717) is 43.7 Å². The van der Waals surface area contributed by atoms with E-state index in [0.717, 1.165) is 37.0 Å². The fourth-order valence-corrected chi connectivity index (χ4v) is 5.49. The van der Waals surface area contributed by atoms with Gasteiger partial charge >= 0.3 is 5.97 Å². The van der Waals surface area contributed by atoms with E-state index in [1.807, 2.05) is 6.07 Å². The molecule has 0 unspecified atom stereocenters. The molecule has 5 nitrogen and oxygen atoms in total. The van der Waals surface area contributed by atoms with Gasteiger partial charge in [0.25, 0.3) is 0 Å². The van der Waals surface area contributed by atoms with Crippen molar-refractivity contribution in [1.29, 1.82) is 0 Å². The summed E-state index contributed by atoms with van der Waals surface area (Å²) in [5.41, 5.74) is 1.73. The summed E-state index contributed by atoms with van der Waals surface area (Å²) in [6.45, 7) is 4.28. The molecule has 1 heterocycles. The molecule has 164 valence electrons. The maximum absolute atomic E-state index is 13.3. The first-order valence-corrected chi connectivity index (χ1v) is 12.1. The van der Waals surface area contributed by atoms with Gasteiger partial charge in [0.2, 0.25) is 5.91 Å². The third kappa shape index (κ3) is 5.60. The monoisotopic (exact) mass is 431 g/mol. The molecule has 3 rings (SSSR count). The van der Waals surface area contributed by atoms with Crippen molar-refractivity contribution in [2.24, 2.45) is 5.92 Å². The molecule has 0 bridgehead atoms. The molecule has 0 saturated heterocycles. The van der Waals surface area contributed by atoms with Crippen LogP contribution < -0.4 is 4.90 Å². The van der Waals surface area contributed by atoms with Crippen LogP contribution in [0.1, 0.15) is 99.0 Å². The molecule has 0 radical (unpaired) electrons. The minimum atomic E-state index is -0.982. The average Bonchev–Trinajstić information content (AvgIpc) is 3.15. The number of anilines is 1. The van der Waals surface area contributed by atoms with Crippen molar-refractivity contribution in [3.05, 3.63) is 21.9 Å². The topological polar surface area (TPSA) is 74.7 Å². The first-order chi connectivity index (χ1) is 14.4. The third-order valence-corrected chi connectivity index (χ3v) is 7.28. The molecular formula is C24H33NO4S. The second-order valence-corrected chi connectivity index (χ2v) is 9.98. The van der Waals surface area contributed by atoms with Gasteiger partial charge in [-0.1, -0.05) is 26.3 Å². The van der Waals surface area contributed by atoms with Gasteiger partial charge < -0.3 is 10.0 Å². The van der Waals surface area contributed by atoms with E-state index in [9.17, 15) is 19.5 Å². The Morgan fingerprint density at radius 2 is 1.93 bits per heavy atom. The standard InChI is InChI=1S/C24H33NO4S/c1-16(2)7-6-10-22(27)25(18-11-13-19(26)14-12-18)20-15-21(30-23(20)24(28)29)17-8-4-3-5-9-17/h8,15-16,18H,3-7,9-14H2,1-2H3,(H,28,29). The fourth-order valence-electron chi connectivity index (χ4n) is 4.43. The molecule has 1 N–H and O–H groups in total. The third-order valence-electron chi connectivity index (χ3n) is 6.09. The number of carbonyl (C=O) groups is 3. The molecule has 1 aromatic rings. The zero-order valence-electron chi connectivity index (χ0n) is 18.1. The minimum Gasteiger partial charge on any atom is -0.477 e. The number of allylic oxidation sites excluding steroid dienone is 2. The van der Waals surface area contributed by atoms with E-state index in [1.54, 1.807) is 4.90 Å². The Kier molecular flexibility index (Phi) is 7.87. The molecule has 0 spiro atoms. The molecule has 1 saturated carbocycles. The van der Waals surface area contributed by atoms with Crippen LogP contribution in [0.15, 0.2) is 12.1 Å². The van der Waals surface area contributed by atoms with E-state index >= 15 is 0 Å². The summed E-state index contributed by atoms with van der Waals surface area (Å²) in [4.78, 5) is 40.1. The normalized spacial score (nSPS) is 17.8. The Morgan fingerprint density at radius 1 is 1.20 bits per heavy atom. The quantitative estimate of drug-likeness (QED) is 0.542. The van der Waals surface area contributed by atoms with Crippen molar-refractivity contribution in [3.8, 4) is 0 Å². The molecule has 1 amide bonds. The molecule has 2 aliphatic rings. The van der Waals surface area contributed by atoms with Gasteiger partial charge in [0.1, 0.15) is 10.7 Å². The Hall–Kier alpha value is -1.95. The summed E-state index contributed by atoms with van der Waals surface area (Å²) in [6, 6.07) is 1.82. The molecule has 0 aromatic carbocycles. The summed E-state index contributed by atoms with van der Waals surface area (Å²) < 4.78 is 0. The molecule has 2 aliphatic carbocycles. The summed E-state index contributed by atoms with van der Waals surface area (Å²) >= 11 is 1.28. The number of carboxylic acids is 1. The highest BCUT2D eigenvalue weighted by atomic mass is 32.1. The van der Waals surface area contributed by atoms with E-state index in [-0.39, 0.29) is 22.6 Å². The van der Waals surface area contributed by atoms with Crippen LogP contribution in [0.5, 0.6) is 0 Å². The number of ketones is 1. The Bertz CT molecular complexity index is 813. The lowest BCUT2D eigenvalue weighted by atomic mass is 9.92. The van der Waals surface area contributed by atoms with Crippen molar-refractivity contribution in [2.75, 3.05) is 4.90 Å². The predicted octanol–water partition coefficient (Wildman–Crippen LogP) is 6.07. The second-order valence-electron chi connectivity index (χ2n) is 8.92. The Balaban J connectivity index is 1.93. The highest BCUT2D eigenvalue weighted by molar-refractivity contribution is 7.15. The van der Waals surface area contributed by atoms with Gasteiger partial charge in [0.05, 0.1) is 5.69 Å². The number of aromatic carboxylic acids is 1. The molecule has 1 fully saturated rings. The zero-order chi connectivity index (χ0) is 21.7. The average molecular weight is 432 g/mol. The summed E-state index contributed by atoms with van der Waals surface area (Å²) in [5.74, 6) is -0.238. The van der Waals surface area contributed by atoms with Gasteiger partial charge in [0.15, 0.2) is 0 Å². The van der Waals surface area contributed by atoms with Crippen molar-refractivity contribution < 1.29 is 19.5 Å². The maximum Gasteiger partial charge on any atom is 0.348 e. The lowest BCUT2D eigenvalue weighted by molar-refractivity contribution is -0.122. The number of carboxylic acid groups (broad SMARTS) is 1. The smallest absolute Gasteiger partial charge is 0.348 e. The van der Waals surface area contributed by atoms with Crippen LogP contribution >= 0.6 is 11.3 Å². The molecule has 1 aromatic heterocycles. The van der Waals surface area contributed by atoms with Crippen LogP contribution in [0.25, 0.3) is 5.57 Å². The van der Waals surface area contributed by atoms with Crippen LogP contribution in [-0.4, -0.2) is 28.8 Å². The van der Waals surface area contributed by atoms with Gasteiger partial charge in [-0.3, -0.25) is 9.59 Å². The number of amides is 1. The molecule has 30 heavy (non-hydrogen) atoms. The highest BCUT2D eigenvalue weighted by Gasteiger charge is 2.33. The van der Waals surface area contributed by atoms with Gasteiger partial charge in [-0.05, 0) is 62.5 Å². The largest absolute Gasteiger partial charge is 0.477 e. The Morgan fingerprint density at radius 3 is 2.53 bits per heavy atom. The van der Waals surface area contributed by atoms with Crippen LogP contribution in [0.4, 0.5) is 5.69 Å². The number of hydrogen-bond acceptors (Lipinski definition) is 4. The maximum atomic E-state index is 13.3. The van der Waals surface area contributed by atoms with E-state index < -0.39 is 5.97 Å². The van der Waals surface area contributed by atoms with Crippen molar-refractivity contribution in [2.45, 2.75) is 90.5 Å². The van der Waals surface area contributed by atoms with Gasteiger partial charge in [-0.2, -0.15) is 0 Å². The summed E-state index contributed by atoms with van der Waals surface area (Å²) in [7, 11) is 0. The van der Waals surface area contributed by atoms with E-state index in [1.165, 1.54) is 23.3 Å². The van der Waals surface area contributed by atoms with Crippen molar-refractivity contribution in [1.82, 2.24) is 0 Å². The molecule has 0 aliphatic heterocycles. The SMILES string of the molecule is CC(C)CCCC(=O)N(c1cc(C2=CCCCC2)sc1C(=O)O)C1CCC(=O)CC1. The lowest BCUT2D eigenvalue weighted by Gasteiger charge is -2.34. The predicted molar refractivity (Wildman–Crippen MR) is 121 cm³/mol. The van der Waals surface area contributed by atoms with Crippen LogP contribution in [0.3, 0.4) is 0 Å². The number of Topliss-reactive ketones (excluding diaryl/α,β-unsaturated/α-hetero) is 1. The van der Waals surface area contributed by atoms with E-state index in [4.69, 9.17) is 0 Å². The van der Waals surface area contributed by atoms with Crippen molar-refractivity contribution in [3.63, 3.8) is 0 Å². The van der Waals surface area contributed by atoms with Crippen LogP contribution in [0.2, 0.25) is 0 Å². The van der Waals surface area contributed by atoms with Crippen LogP contribution in [0, 0.1) is 5.92 Å². The van der Waals surface area contributed by atoms with Crippen molar-refractivity contribution >= 4 is 40.3 Å². The number of rotatable bonds is 8. The lowest BCUT2D eigenvalue weighted by Crippen LogP contribution is -2.43. The van der Waals surface area contributed by atoms with E-state index in [2.05, 4.69) is 19.9 Å². The van der Waals surface area contributed by atoms with Crippen LogP contribution in [-0.2, 0) is 9.59 Å². The number of nitrogens with zero attached hydrogens (tertiary/aromatic N) is 1. The minimum absolute atomic E-state index is 0.0144. The number of carbonyl (C=O) groups excluding carboxylic acids is 2. The Labute approximate surface area is 183 Å². The number of thiophene rings is 1. The fraction of sp³-hybridized carbons (Fsp3) is 0.625. The first kappa shape index (κ1) is 22.7. The van der Waals surface area contributed by atoms with Gasteiger partial charge in [0, 0.05) is 30.2 Å².